The van der Waals surface area contributed by atoms with Crippen molar-refractivity contribution < 1.29 is 42.9 Å². The fraction of sp³-hybridized carbons (Fsp3) is 0.674. The fourth-order valence-electron chi connectivity index (χ4n) is 9.78. The number of rotatable bonds is 6. The van der Waals surface area contributed by atoms with Gasteiger partial charge in [0.15, 0.2) is 5.78 Å². The number of esters is 2. The molecule has 7 atom stereocenters. The number of carbonyl (C=O) groups is 4. The topological polar surface area (TPSA) is 134 Å². The van der Waals surface area contributed by atoms with E-state index in [2.05, 4.69) is 23.1 Å². The molecule has 1 amide bonds. The number of carbonyl (C=O) groups excluding carboxylic acids is 4. The Morgan fingerprint density at radius 2 is 1.81 bits per heavy atom. The Labute approximate surface area is 342 Å². The molecular weight excluding hydrogens is 739 g/mol. The maximum atomic E-state index is 14.8. The van der Waals surface area contributed by atoms with E-state index in [0.29, 0.717) is 37.7 Å². The standard InChI is InChI=1S/C46H61N3O9/c1-2-55-45(53)46-28-33(46)15-9-5-3-4-7-14-32-26-41(51)58-40-25-31(40)13-8-6-10-17-36-42(56-24-21-48-19-22-54-23-20-48)35-16-11-12-18-37(35)47-43(36)57-34-27-38(39(50)29-46)49(30-34)44(32)52/h9,11-12,15-16,18,31-34,38,40H,2-8,10,13-14,17,19-30H2,1H3/b15-9-/t31-,32-,33-,34-,38+,40-,46-/m1/s1. The molecule has 12 nitrogen and oxygen atoms in total. The van der Waals surface area contributed by atoms with E-state index in [0.717, 1.165) is 113 Å². The molecule has 314 valence electrons. The monoisotopic (exact) mass is 799 g/mol. The van der Waals surface area contributed by atoms with E-state index in [1.54, 1.807) is 11.8 Å². The van der Waals surface area contributed by atoms with Gasteiger partial charge in [-0.3, -0.25) is 24.1 Å². The summed E-state index contributed by atoms with van der Waals surface area (Å²) in [7, 11) is 0. The molecule has 2 saturated carbocycles. The highest BCUT2D eigenvalue weighted by atomic mass is 16.6. The van der Waals surface area contributed by atoms with Crippen LogP contribution in [0.5, 0.6) is 11.6 Å². The summed E-state index contributed by atoms with van der Waals surface area (Å²) in [4.78, 5) is 65.4. The van der Waals surface area contributed by atoms with Crippen LogP contribution < -0.4 is 9.47 Å². The van der Waals surface area contributed by atoms with Crippen LogP contribution in [0.1, 0.15) is 102 Å². The number of hydrogen-bond acceptors (Lipinski definition) is 11. The van der Waals surface area contributed by atoms with Gasteiger partial charge in [-0.25, -0.2) is 4.98 Å². The fourth-order valence-corrected chi connectivity index (χ4v) is 9.78. The van der Waals surface area contributed by atoms with Gasteiger partial charge in [0.2, 0.25) is 11.8 Å². The number of aromatic nitrogens is 1. The molecule has 0 N–H and O–H groups in total. The summed E-state index contributed by atoms with van der Waals surface area (Å²) in [6.07, 6.45) is 13.8. The molecule has 0 radical (unpaired) electrons. The first-order valence-corrected chi connectivity index (χ1v) is 22.2. The third-order valence-corrected chi connectivity index (χ3v) is 13.4. The van der Waals surface area contributed by atoms with Crippen LogP contribution in [0.25, 0.3) is 10.9 Å². The molecule has 4 fully saturated rings. The molecule has 1 aromatic carbocycles. The van der Waals surface area contributed by atoms with E-state index < -0.39 is 23.5 Å². The molecule has 5 heterocycles. The quantitative estimate of drug-likeness (QED) is 0.238. The van der Waals surface area contributed by atoms with Gasteiger partial charge < -0.3 is 28.6 Å². The van der Waals surface area contributed by atoms with Crippen LogP contribution in [0.4, 0.5) is 0 Å². The molecule has 12 heteroatoms. The second-order valence-electron chi connectivity index (χ2n) is 17.4. The molecular formula is C46H61N3O9. The van der Waals surface area contributed by atoms with Crippen molar-refractivity contribution >= 4 is 34.5 Å². The number of ether oxygens (including phenoxy) is 5. The smallest absolute Gasteiger partial charge is 0.313 e. The average molecular weight is 800 g/mol. The Balaban J connectivity index is 1.13. The molecule has 1 aromatic heterocycles. The number of para-hydroxylation sites is 1. The van der Waals surface area contributed by atoms with E-state index in [1.807, 2.05) is 18.2 Å². The minimum Gasteiger partial charge on any atom is -0.491 e. The number of ketones is 1. The molecule has 8 rings (SSSR count). The highest BCUT2D eigenvalue weighted by molar-refractivity contribution is 5.96. The van der Waals surface area contributed by atoms with Gasteiger partial charge in [0.1, 0.15) is 24.6 Å². The second-order valence-corrected chi connectivity index (χ2v) is 17.4. The van der Waals surface area contributed by atoms with E-state index in [4.69, 9.17) is 28.7 Å². The summed E-state index contributed by atoms with van der Waals surface area (Å²) in [5, 5.41) is 0.932. The second kappa shape index (κ2) is 18.5. The molecule has 2 aromatic rings. The molecule has 3 bridgehead atoms. The van der Waals surface area contributed by atoms with Gasteiger partial charge >= 0.3 is 11.9 Å². The minimum absolute atomic E-state index is 0.0126. The van der Waals surface area contributed by atoms with Gasteiger partial charge in [-0.2, -0.15) is 0 Å². The van der Waals surface area contributed by atoms with Crippen LogP contribution in [0, 0.1) is 23.2 Å². The third-order valence-electron chi connectivity index (χ3n) is 13.4. The number of pyridine rings is 1. The first-order chi connectivity index (χ1) is 28.3. The van der Waals surface area contributed by atoms with Crippen molar-refractivity contribution in [3.05, 3.63) is 42.0 Å². The van der Waals surface area contributed by atoms with Crippen LogP contribution in [-0.4, -0.2) is 109 Å². The van der Waals surface area contributed by atoms with Crippen LogP contribution >= 0.6 is 0 Å². The lowest BCUT2D eigenvalue weighted by atomic mass is 9.91. The van der Waals surface area contributed by atoms with Crippen LogP contribution in [-0.2, 0) is 39.8 Å². The first-order valence-electron chi connectivity index (χ1n) is 22.2. The molecule has 2 saturated heterocycles. The SMILES string of the molecule is CCOC(=O)[C@]12CC(=O)[C@@H]3C[C@@H]4CN3C(=O)[C@H](CCCCC/C=C\[C@@H]1C2)CC(=O)O[C@@H]1C[C@H]1CCCCCc1c(nc2ccccc2c1OCCN1CCOCC1)O4. The Morgan fingerprint density at radius 1 is 0.983 bits per heavy atom. The predicted octanol–water partition coefficient (Wildman–Crippen LogP) is 6.40. The number of allylic oxidation sites excluding steroid dienone is 2. The number of fused-ring (bicyclic) bond motifs is 6. The van der Waals surface area contributed by atoms with E-state index in [1.165, 1.54) is 0 Å². The number of hydrogen-bond donors (Lipinski definition) is 0. The van der Waals surface area contributed by atoms with Gasteiger partial charge in [-0.15, -0.1) is 0 Å². The van der Waals surface area contributed by atoms with Crippen molar-refractivity contribution in [2.24, 2.45) is 23.2 Å². The Hall–Kier alpha value is -4.03. The zero-order valence-electron chi connectivity index (χ0n) is 34.2. The number of morpholine rings is 1. The Bertz CT molecular complexity index is 1840. The summed E-state index contributed by atoms with van der Waals surface area (Å²) in [6.45, 7) is 6.65. The lowest BCUT2D eigenvalue weighted by molar-refractivity contribution is -0.154. The molecule has 4 aliphatic heterocycles. The normalized spacial score (nSPS) is 31.9. The molecule has 58 heavy (non-hydrogen) atoms. The number of nitrogens with zero attached hydrogens (tertiary/aromatic N) is 3. The van der Waals surface area contributed by atoms with Crippen LogP contribution in [0.3, 0.4) is 0 Å². The zero-order chi connectivity index (χ0) is 40.1. The maximum absolute atomic E-state index is 14.8. The van der Waals surface area contributed by atoms with Crippen molar-refractivity contribution in [2.75, 3.05) is 52.6 Å². The maximum Gasteiger partial charge on any atom is 0.313 e. The van der Waals surface area contributed by atoms with E-state index in [-0.39, 0.29) is 68.1 Å². The third kappa shape index (κ3) is 9.38. The van der Waals surface area contributed by atoms with Gasteiger partial charge in [-0.05, 0) is 82.3 Å². The molecule has 6 aliphatic rings. The van der Waals surface area contributed by atoms with Gasteiger partial charge in [0.05, 0.1) is 55.3 Å². The van der Waals surface area contributed by atoms with Crippen molar-refractivity contribution in [1.29, 1.82) is 0 Å². The van der Waals surface area contributed by atoms with Crippen molar-refractivity contribution in [1.82, 2.24) is 14.8 Å². The molecule has 0 unspecified atom stereocenters. The van der Waals surface area contributed by atoms with Gasteiger partial charge in [-0.1, -0.05) is 50.0 Å². The average Bonchev–Trinajstić information content (AvgIpc) is 4.09. The predicted molar refractivity (Wildman–Crippen MR) is 216 cm³/mol. The van der Waals surface area contributed by atoms with Crippen LogP contribution in [0.2, 0.25) is 0 Å². The van der Waals surface area contributed by atoms with E-state index in [9.17, 15) is 19.2 Å². The Kier molecular flexibility index (Phi) is 13.0. The van der Waals surface area contributed by atoms with Crippen LogP contribution in [0.15, 0.2) is 36.4 Å². The van der Waals surface area contributed by atoms with Crippen molar-refractivity contribution in [3.8, 4) is 11.6 Å². The number of amides is 1. The summed E-state index contributed by atoms with van der Waals surface area (Å²) in [5.41, 5.74) is 0.732. The number of Topliss-reactive ketones (excluding diaryl/α,β-unsaturated/α-hetero) is 1. The van der Waals surface area contributed by atoms with Crippen molar-refractivity contribution in [3.63, 3.8) is 0 Å². The van der Waals surface area contributed by atoms with Crippen molar-refractivity contribution in [2.45, 2.75) is 121 Å². The lowest BCUT2D eigenvalue weighted by Crippen LogP contribution is -2.45. The highest BCUT2D eigenvalue weighted by Gasteiger charge is 2.62. The van der Waals surface area contributed by atoms with Gasteiger partial charge in [0.25, 0.3) is 0 Å². The minimum atomic E-state index is -0.936. The van der Waals surface area contributed by atoms with Gasteiger partial charge in [0, 0.05) is 43.8 Å². The zero-order valence-corrected chi connectivity index (χ0v) is 34.2. The number of benzene rings is 1. The summed E-state index contributed by atoms with van der Waals surface area (Å²) in [5.74, 6) is -0.186. The summed E-state index contributed by atoms with van der Waals surface area (Å²) < 4.78 is 30.7. The first kappa shape index (κ1) is 40.7. The molecule has 0 spiro atoms. The summed E-state index contributed by atoms with van der Waals surface area (Å²) >= 11 is 0. The van der Waals surface area contributed by atoms with E-state index >= 15 is 0 Å². The Morgan fingerprint density at radius 3 is 2.67 bits per heavy atom. The summed E-state index contributed by atoms with van der Waals surface area (Å²) in [6, 6.07) is 7.16. The largest absolute Gasteiger partial charge is 0.491 e. The lowest BCUT2D eigenvalue weighted by Gasteiger charge is -2.28. The highest BCUT2D eigenvalue weighted by Crippen LogP contribution is 2.58. The molecule has 2 aliphatic carbocycles.